The average Bonchev–Trinajstić information content (AvgIpc) is 2.90. The predicted octanol–water partition coefficient (Wildman–Crippen LogP) is 3.45. The van der Waals surface area contributed by atoms with Gasteiger partial charge in [0.25, 0.3) is 0 Å². The molecule has 0 saturated carbocycles. The molecule has 0 bridgehead atoms. The van der Waals surface area contributed by atoms with Crippen molar-refractivity contribution in [2.45, 2.75) is 17.3 Å². The van der Waals surface area contributed by atoms with Gasteiger partial charge in [0.15, 0.2) is 0 Å². The fraction of sp³-hybridized carbons (Fsp3) is 0.231. The van der Waals surface area contributed by atoms with E-state index in [1.54, 1.807) is 23.6 Å². The molecule has 20 heavy (non-hydrogen) atoms. The van der Waals surface area contributed by atoms with Gasteiger partial charge in [0.05, 0.1) is 10.8 Å². The Morgan fingerprint density at radius 3 is 2.50 bits per heavy atom. The maximum Gasteiger partial charge on any atom is 0.243 e. The van der Waals surface area contributed by atoms with E-state index in [1.807, 2.05) is 0 Å². The molecule has 0 amide bonds. The van der Waals surface area contributed by atoms with Crippen molar-refractivity contribution >= 4 is 33.0 Å². The minimum atomic E-state index is -3.55. The molecule has 0 aliphatic carbocycles. The van der Waals surface area contributed by atoms with Gasteiger partial charge in [-0.3, -0.25) is 0 Å². The number of hydrogen-bond donors (Lipinski definition) is 0. The molecule has 2 rings (SSSR count). The third-order valence-corrected chi connectivity index (χ3v) is 6.10. The summed E-state index contributed by atoms with van der Waals surface area (Å²) in [4.78, 5) is 1.04. The molecular weight excluding hydrogens is 321 g/mol. The van der Waals surface area contributed by atoms with Crippen LogP contribution in [0.2, 0.25) is 0 Å². The van der Waals surface area contributed by atoms with Crippen molar-refractivity contribution < 1.29 is 12.8 Å². The fourth-order valence-corrected chi connectivity index (χ4v) is 4.21. The normalized spacial score (nSPS) is 12.0. The second-order valence-corrected chi connectivity index (χ2v) is 7.58. The Morgan fingerprint density at radius 1 is 1.30 bits per heavy atom. The van der Waals surface area contributed by atoms with Crippen LogP contribution in [0.5, 0.6) is 0 Å². The van der Waals surface area contributed by atoms with Crippen LogP contribution in [0.4, 0.5) is 4.39 Å². The van der Waals surface area contributed by atoms with Crippen LogP contribution in [0.15, 0.2) is 40.6 Å². The van der Waals surface area contributed by atoms with Gasteiger partial charge in [0.2, 0.25) is 10.0 Å². The zero-order chi connectivity index (χ0) is 14.8. The highest BCUT2D eigenvalue weighted by Gasteiger charge is 2.22. The number of hydrogen-bond acceptors (Lipinski definition) is 3. The third kappa shape index (κ3) is 3.38. The summed E-state index contributed by atoms with van der Waals surface area (Å²) in [7, 11) is -2.05. The molecule has 2 aromatic rings. The van der Waals surface area contributed by atoms with Crippen LogP contribution in [0, 0.1) is 5.82 Å². The van der Waals surface area contributed by atoms with Crippen LogP contribution in [0.1, 0.15) is 10.4 Å². The molecule has 1 heterocycles. The van der Waals surface area contributed by atoms with Gasteiger partial charge in [-0.1, -0.05) is 12.1 Å². The second kappa shape index (κ2) is 6.22. The number of alkyl halides is 1. The van der Waals surface area contributed by atoms with E-state index in [1.165, 1.54) is 34.8 Å². The maximum absolute atomic E-state index is 12.8. The van der Waals surface area contributed by atoms with Crippen LogP contribution in [0.25, 0.3) is 0 Å². The van der Waals surface area contributed by atoms with Gasteiger partial charge < -0.3 is 0 Å². The molecule has 0 unspecified atom stereocenters. The van der Waals surface area contributed by atoms with Crippen LogP contribution in [-0.4, -0.2) is 19.8 Å². The van der Waals surface area contributed by atoms with E-state index in [4.69, 9.17) is 11.6 Å². The molecule has 108 valence electrons. The molecule has 0 aliphatic rings. The van der Waals surface area contributed by atoms with E-state index in [9.17, 15) is 12.8 Å². The van der Waals surface area contributed by atoms with Crippen LogP contribution >= 0.6 is 22.9 Å². The van der Waals surface area contributed by atoms with E-state index in [2.05, 4.69) is 0 Å². The topological polar surface area (TPSA) is 37.4 Å². The average molecular weight is 334 g/mol. The first kappa shape index (κ1) is 15.4. The molecule has 1 aromatic carbocycles. The van der Waals surface area contributed by atoms with E-state index in [0.717, 1.165) is 10.4 Å². The highest BCUT2D eigenvalue weighted by atomic mass is 35.5. The number of halogens is 2. The Hall–Kier alpha value is -0.950. The minimum absolute atomic E-state index is 0.189. The van der Waals surface area contributed by atoms with Crippen LogP contribution in [-0.2, 0) is 22.4 Å². The summed E-state index contributed by atoms with van der Waals surface area (Å²) in [5, 5.41) is 1.58. The molecule has 0 saturated heterocycles. The lowest BCUT2D eigenvalue weighted by atomic mass is 10.2. The van der Waals surface area contributed by atoms with Gasteiger partial charge in [0.1, 0.15) is 5.82 Å². The molecule has 0 fully saturated rings. The summed E-state index contributed by atoms with van der Waals surface area (Å²) in [5.74, 6) is -0.0501. The first-order valence-electron chi connectivity index (χ1n) is 5.77. The predicted molar refractivity (Wildman–Crippen MR) is 78.9 cm³/mol. The molecule has 0 aliphatic heterocycles. The zero-order valence-electron chi connectivity index (χ0n) is 10.7. The monoisotopic (exact) mass is 333 g/mol. The molecular formula is C13H13ClFNO2S2. The summed E-state index contributed by atoms with van der Waals surface area (Å²) >= 11 is 7.00. The van der Waals surface area contributed by atoms with Crippen molar-refractivity contribution in [2.24, 2.45) is 0 Å². The molecule has 1 aromatic heterocycles. The first-order valence-corrected chi connectivity index (χ1v) is 8.63. The number of rotatable bonds is 5. The highest BCUT2D eigenvalue weighted by Crippen LogP contribution is 2.24. The van der Waals surface area contributed by atoms with E-state index < -0.39 is 10.0 Å². The molecule has 0 atom stereocenters. The van der Waals surface area contributed by atoms with E-state index >= 15 is 0 Å². The minimum Gasteiger partial charge on any atom is -0.207 e. The lowest BCUT2D eigenvalue weighted by Gasteiger charge is -2.16. The summed E-state index contributed by atoms with van der Waals surface area (Å²) in [6.45, 7) is 0.189. The molecule has 3 nitrogen and oxygen atoms in total. The number of sulfonamides is 1. The highest BCUT2D eigenvalue weighted by molar-refractivity contribution is 7.89. The summed E-state index contributed by atoms with van der Waals surface area (Å²) in [5.41, 5.74) is 0.727. The maximum atomic E-state index is 12.8. The molecule has 0 radical (unpaired) electrons. The summed E-state index contributed by atoms with van der Waals surface area (Å²) < 4.78 is 38.8. The van der Waals surface area contributed by atoms with E-state index in [-0.39, 0.29) is 17.3 Å². The number of nitrogens with zero attached hydrogens (tertiary/aromatic N) is 1. The lowest BCUT2D eigenvalue weighted by Crippen LogP contribution is -2.26. The van der Waals surface area contributed by atoms with Gasteiger partial charge >= 0.3 is 0 Å². The SMILES string of the molecule is CN(Cc1ccc(F)cc1)S(=O)(=O)c1csc(CCl)c1. The number of benzene rings is 1. The van der Waals surface area contributed by atoms with Crippen molar-refractivity contribution in [3.05, 3.63) is 52.0 Å². The molecule has 7 heteroatoms. The van der Waals surface area contributed by atoms with Gasteiger partial charge in [-0.2, -0.15) is 4.31 Å². The van der Waals surface area contributed by atoms with E-state index in [0.29, 0.717) is 5.88 Å². The summed E-state index contributed by atoms with van der Waals surface area (Å²) in [6.07, 6.45) is 0. The van der Waals surface area contributed by atoms with Crippen molar-refractivity contribution in [3.63, 3.8) is 0 Å². The standard InChI is InChI=1S/C13H13ClFNO2S2/c1-16(8-10-2-4-11(15)5-3-10)20(17,18)13-6-12(7-14)19-9-13/h2-6,9H,7-8H2,1H3. The zero-order valence-corrected chi connectivity index (χ0v) is 13.1. The first-order chi connectivity index (χ1) is 9.43. The number of thiophene rings is 1. The van der Waals surface area contributed by atoms with Crippen LogP contribution in [0.3, 0.4) is 0 Å². The Morgan fingerprint density at radius 2 is 1.95 bits per heavy atom. The summed E-state index contributed by atoms with van der Waals surface area (Å²) in [6, 6.07) is 7.34. The lowest BCUT2D eigenvalue weighted by molar-refractivity contribution is 0.466. The molecule has 0 N–H and O–H groups in total. The Balaban J connectivity index is 2.18. The largest absolute Gasteiger partial charge is 0.243 e. The van der Waals surface area contributed by atoms with Crippen molar-refractivity contribution in [2.75, 3.05) is 7.05 Å². The van der Waals surface area contributed by atoms with Gasteiger partial charge in [-0.25, -0.2) is 12.8 Å². The quantitative estimate of drug-likeness (QED) is 0.786. The van der Waals surface area contributed by atoms with Gasteiger partial charge in [-0.05, 0) is 23.8 Å². The molecule has 0 spiro atoms. The van der Waals surface area contributed by atoms with Gasteiger partial charge in [-0.15, -0.1) is 22.9 Å². The Kier molecular flexibility index (Phi) is 4.80. The van der Waals surface area contributed by atoms with Crippen LogP contribution < -0.4 is 0 Å². The van der Waals surface area contributed by atoms with Crippen molar-refractivity contribution in [3.8, 4) is 0 Å². The Labute approximate surface area is 126 Å². The fourth-order valence-electron chi connectivity index (χ4n) is 1.68. The smallest absolute Gasteiger partial charge is 0.207 e. The van der Waals surface area contributed by atoms with Crippen molar-refractivity contribution in [1.82, 2.24) is 4.31 Å². The second-order valence-electron chi connectivity index (χ2n) is 4.27. The third-order valence-electron chi connectivity index (χ3n) is 2.79. The Bertz CT molecular complexity index is 683. The van der Waals surface area contributed by atoms with Crippen molar-refractivity contribution in [1.29, 1.82) is 0 Å². The van der Waals surface area contributed by atoms with Gasteiger partial charge in [0, 0.05) is 23.8 Å².